The average Bonchev–Trinajstić information content (AvgIpc) is 2.90. The maximum Gasteiger partial charge on any atom is 0.227 e. The lowest BCUT2D eigenvalue weighted by Gasteiger charge is -2.13. The van der Waals surface area contributed by atoms with Gasteiger partial charge in [0.2, 0.25) is 11.8 Å². The topological polar surface area (TPSA) is 84.2 Å². The van der Waals surface area contributed by atoms with Gasteiger partial charge in [0.1, 0.15) is 0 Å². The largest absolute Gasteiger partial charge is 0.369 e. The first kappa shape index (κ1) is 17.8. The first-order valence-corrected chi connectivity index (χ1v) is 7.67. The predicted molar refractivity (Wildman–Crippen MR) is 87.9 cm³/mol. The summed E-state index contributed by atoms with van der Waals surface area (Å²) in [5, 5.41) is 6.21. The number of nitrogens with one attached hydrogen (secondary N) is 2. The standard InChI is InChI=1S/C14H19N3O2S.ClH/c15-13(18)9-20-12-6-2-1-5-11(12)17-14(19)8-10-4-3-7-16-10;/h1-2,5-6,10,16H,3-4,7-9H2,(H2,15,18)(H,17,19);1H. The Morgan fingerprint density at radius 1 is 1.38 bits per heavy atom. The monoisotopic (exact) mass is 329 g/mol. The molecule has 21 heavy (non-hydrogen) atoms. The SMILES string of the molecule is Cl.NC(=O)CSc1ccccc1NC(=O)CC1CCCN1. The Kier molecular flexibility index (Phi) is 7.56. The number of benzene rings is 1. The van der Waals surface area contributed by atoms with E-state index in [9.17, 15) is 9.59 Å². The zero-order valence-electron chi connectivity index (χ0n) is 11.6. The quantitative estimate of drug-likeness (QED) is 0.694. The lowest BCUT2D eigenvalue weighted by molar-refractivity contribution is -0.117. The summed E-state index contributed by atoms with van der Waals surface area (Å²) in [5.74, 6) is -0.167. The molecule has 0 spiro atoms. The smallest absolute Gasteiger partial charge is 0.227 e. The Balaban J connectivity index is 0.00000220. The first-order chi connectivity index (χ1) is 9.65. The van der Waals surface area contributed by atoms with Crippen molar-refractivity contribution in [2.45, 2.75) is 30.2 Å². The average molecular weight is 330 g/mol. The molecule has 4 N–H and O–H groups in total. The van der Waals surface area contributed by atoms with Gasteiger partial charge in [-0.1, -0.05) is 12.1 Å². The number of carbonyl (C=O) groups excluding carboxylic acids is 2. The van der Waals surface area contributed by atoms with Gasteiger partial charge in [-0.25, -0.2) is 0 Å². The molecule has 0 bridgehead atoms. The maximum absolute atomic E-state index is 12.0. The molecule has 1 aliphatic rings. The van der Waals surface area contributed by atoms with Gasteiger partial charge in [0.05, 0.1) is 11.4 Å². The molecule has 0 radical (unpaired) electrons. The molecule has 2 amide bonds. The Morgan fingerprint density at radius 3 is 2.81 bits per heavy atom. The van der Waals surface area contributed by atoms with Gasteiger partial charge in [-0.2, -0.15) is 0 Å². The molecule has 0 saturated carbocycles. The fraction of sp³-hybridized carbons (Fsp3) is 0.429. The highest BCUT2D eigenvalue weighted by atomic mass is 35.5. The van der Waals surface area contributed by atoms with Gasteiger partial charge in [0.25, 0.3) is 0 Å². The Morgan fingerprint density at radius 2 is 2.14 bits per heavy atom. The summed E-state index contributed by atoms with van der Waals surface area (Å²) in [6, 6.07) is 7.72. The molecule has 7 heteroatoms. The zero-order valence-corrected chi connectivity index (χ0v) is 13.3. The summed E-state index contributed by atoms with van der Waals surface area (Å²) in [6.07, 6.45) is 2.66. The molecule has 116 valence electrons. The number of hydrogen-bond acceptors (Lipinski definition) is 4. The summed E-state index contributed by atoms with van der Waals surface area (Å²) in [6.45, 7) is 0.989. The third-order valence-corrected chi connectivity index (χ3v) is 4.22. The Labute approximate surface area is 134 Å². The fourth-order valence-electron chi connectivity index (χ4n) is 2.20. The van der Waals surface area contributed by atoms with Crippen molar-refractivity contribution >= 4 is 41.7 Å². The van der Waals surface area contributed by atoms with Gasteiger partial charge < -0.3 is 16.4 Å². The highest BCUT2D eigenvalue weighted by Crippen LogP contribution is 2.27. The molecule has 1 saturated heterocycles. The summed E-state index contributed by atoms with van der Waals surface area (Å²) in [7, 11) is 0. The minimum atomic E-state index is -0.369. The molecule has 1 heterocycles. The minimum absolute atomic E-state index is 0. The van der Waals surface area contributed by atoms with E-state index >= 15 is 0 Å². The van der Waals surface area contributed by atoms with Crippen LogP contribution in [0.25, 0.3) is 0 Å². The number of nitrogens with two attached hydrogens (primary N) is 1. The molecular formula is C14H20ClN3O2S. The number of hydrogen-bond donors (Lipinski definition) is 3. The normalized spacial score (nSPS) is 17.0. The van der Waals surface area contributed by atoms with Crippen molar-refractivity contribution in [1.82, 2.24) is 5.32 Å². The highest BCUT2D eigenvalue weighted by Gasteiger charge is 2.18. The van der Waals surface area contributed by atoms with Crippen molar-refractivity contribution in [2.24, 2.45) is 5.73 Å². The number of anilines is 1. The second-order valence-corrected chi connectivity index (χ2v) is 5.81. The van der Waals surface area contributed by atoms with Gasteiger partial charge in [0, 0.05) is 17.4 Å². The van der Waals surface area contributed by atoms with Crippen molar-refractivity contribution in [3.8, 4) is 0 Å². The van der Waals surface area contributed by atoms with E-state index in [1.807, 2.05) is 24.3 Å². The Bertz CT molecular complexity index is 493. The number of amides is 2. The van der Waals surface area contributed by atoms with Crippen molar-refractivity contribution in [3.05, 3.63) is 24.3 Å². The molecule has 0 aromatic heterocycles. The van der Waals surface area contributed by atoms with Crippen LogP contribution < -0.4 is 16.4 Å². The number of para-hydroxylation sites is 1. The van der Waals surface area contributed by atoms with Crippen molar-refractivity contribution in [3.63, 3.8) is 0 Å². The van der Waals surface area contributed by atoms with Crippen LogP contribution >= 0.6 is 24.2 Å². The van der Waals surface area contributed by atoms with E-state index in [1.165, 1.54) is 11.8 Å². The molecule has 0 aliphatic carbocycles. The number of rotatable bonds is 6. The first-order valence-electron chi connectivity index (χ1n) is 6.68. The summed E-state index contributed by atoms with van der Waals surface area (Å²) < 4.78 is 0. The zero-order chi connectivity index (χ0) is 14.4. The molecule has 5 nitrogen and oxygen atoms in total. The van der Waals surface area contributed by atoms with E-state index < -0.39 is 0 Å². The number of thioether (sulfide) groups is 1. The number of primary amides is 1. The van der Waals surface area contributed by atoms with Crippen LogP contribution in [-0.4, -0.2) is 30.2 Å². The number of carbonyl (C=O) groups is 2. The second kappa shape index (κ2) is 8.92. The van der Waals surface area contributed by atoms with E-state index in [1.54, 1.807) is 0 Å². The molecule has 1 unspecified atom stereocenters. The van der Waals surface area contributed by atoms with Crippen molar-refractivity contribution < 1.29 is 9.59 Å². The van der Waals surface area contributed by atoms with E-state index in [4.69, 9.17) is 5.73 Å². The van der Waals surface area contributed by atoms with Crippen LogP contribution in [0.15, 0.2) is 29.2 Å². The van der Waals surface area contributed by atoms with Gasteiger partial charge in [-0.05, 0) is 31.5 Å². The van der Waals surface area contributed by atoms with Gasteiger partial charge in [0.15, 0.2) is 0 Å². The van der Waals surface area contributed by atoms with Gasteiger partial charge in [-0.3, -0.25) is 9.59 Å². The lowest BCUT2D eigenvalue weighted by Crippen LogP contribution is -2.27. The van der Waals surface area contributed by atoms with E-state index in [0.717, 1.165) is 30.0 Å². The Hall–Kier alpha value is -1.24. The van der Waals surface area contributed by atoms with Crippen LogP contribution in [0.2, 0.25) is 0 Å². The molecule has 1 atom stereocenters. The molecule has 1 aromatic carbocycles. The van der Waals surface area contributed by atoms with Crippen LogP contribution in [-0.2, 0) is 9.59 Å². The molecule has 1 aliphatic heterocycles. The van der Waals surface area contributed by atoms with E-state index in [-0.39, 0.29) is 36.0 Å². The van der Waals surface area contributed by atoms with Crippen LogP contribution in [0, 0.1) is 0 Å². The van der Waals surface area contributed by atoms with E-state index in [2.05, 4.69) is 10.6 Å². The van der Waals surface area contributed by atoms with Gasteiger partial charge >= 0.3 is 0 Å². The predicted octanol–water partition coefficient (Wildman–Crippen LogP) is 1.77. The lowest BCUT2D eigenvalue weighted by atomic mass is 10.1. The second-order valence-electron chi connectivity index (χ2n) is 4.80. The summed E-state index contributed by atoms with van der Waals surface area (Å²) in [4.78, 5) is 23.7. The van der Waals surface area contributed by atoms with Gasteiger partial charge in [-0.15, -0.1) is 24.2 Å². The van der Waals surface area contributed by atoms with Crippen LogP contribution in [0.1, 0.15) is 19.3 Å². The molecule has 1 aromatic rings. The molecule has 1 fully saturated rings. The fourth-order valence-corrected chi connectivity index (χ4v) is 2.95. The van der Waals surface area contributed by atoms with Crippen molar-refractivity contribution in [2.75, 3.05) is 17.6 Å². The molecule has 2 rings (SSSR count). The number of halogens is 1. The van der Waals surface area contributed by atoms with Crippen molar-refractivity contribution in [1.29, 1.82) is 0 Å². The highest BCUT2D eigenvalue weighted by molar-refractivity contribution is 8.00. The molecular weight excluding hydrogens is 310 g/mol. The summed E-state index contributed by atoms with van der Waals surface area (Å²) in [5.41, 5.74) is 5.88. The summed E-state index contributed by atoms with van der Waals surface area (Å²) >= 11 is 1.33. The van der Waals surface area contributed by atoms with Crippen LogP contribution in [0.4, 0.5) is 5.69 Å². The van der Waals surface area contributed by atoms with E-state index in [0.29, 0.717) is 6.42 Å². The third kappa shape index (κ3) is 5.95. The van der Waals surface area contributed by atoms with Crippen LogP contribution in [0.5, 0.6) is 0 Å². The third-order valence-electron chi connectivity index (χ3n) is 3.13. The maximum atomic E-state index is 12.0. The van der Waals surface area contributed by atoms with Crippen LogP contribution in [0.3, 0.4) is 0 Å². The minimum Gasteiger partial charge on any atom is -0.369 e.